The topological polar surface area (TPSA) is 34.1 Å². The Hall–Kier alpha value is -1.87. The van der Waals surface area contributed by atoms with Crippen LogP contribution in [0.1, 0.15) is 36.1 Å². The number of ether oxygens (including phenoxy) is 1. The minimum atomic E-state index is 0.352. The fourth-order valence-corrected chi connectivity index (χ4v) is 3.10. The Kier molecular flexibility index (Phi) is 4.20. The number of aryl methyl sites for hydroxylation is 1. The number of nitrogens with one attached hydrogen (secondary N) is 1. The second kappa shape index (κ2) is 6.27. The van der Waals surface area contributed by atoms with Crippen LogP contribution in [0, 0.1) is 0 Å². The minimum Gasteiger partial charge on any atom is -0.497 e. The van der Waals surface area contributed by atoms with Gasteiger partial charge >= 0.3 is 0 Å². The molecule has 0 fully saturated rings. The third-order valence-corrected chi connectivity index (χ3v) is 4.33. The van der Waals surface area contributed by atoms with Crippen molar-refractivity contribution < 1.29 is 4.74 Å². The first-order valence-corrected chi connectivity index (χ1v) is 7.58. The van der Waals surface area contributed by atoms with Crippen LogP contribution < -0.4 is 10.1 Å². The Bertz CT molecular complexity index is 597. The molecule has 1 heterocycles. The van der Waals surface area contributed by atoms with E-state index in [2.05, 4.69) is 47.6 Å². The lowest BCUT2D eigenvalue weighted by molar-refractivity contribution is 0.402. The second-order valence-electron chi connectivity index (χ2n) is 5.74. The van der Waals surface area contributed by atoms with Gasteiger partial charge in [-0.25, -0.2) is 0 Å². The van der Waals surface area contributed by atoms with Crippen LogP contribution in [0.4, 0.5) is 0 Å². The van der Waals surface area contributed by atoms with E-state index in [-0.39, 0.29) is 0 Å². The number of fused-ring (bicyclic) bond motifs is 1. The molecule has 1 aliphatic carbocycles. The molecule has 0 bridgehead atoms. The van der Waals surface area contributed by atoms with Crippen molar-refractivity contribution in [1.29, 1.82) is 0 Å². The average Bonchev–Trinajstić information content (AvgIpc) is 2.55. The normalized spacial score (nSPS) is 18.9. The summed E-state index contributed by atoms with van der Waals surface area (Å²) in [5.41, 5.74) is 4.17. The van der Waals surface area contributed by atoms with Gasteiger partial charge < -0.3 is 10.1 Å². The first kappa shape index (κ1) is 14.1. The largest absolute Gasteiger partial charge is 0.497 e. The Morgan fingerprint density at radius 1 is 1.19 bits per heavy atom. The molecule has 21 heavy (non-hydrogen) atoms. The zero-order valence-electron chi connectivity index (χ0n) is 12.7. The van der Waals surface area contributed by atoms with Gasteiger partial charge in [0.2, 0.25) is 0 Å². The van der Waals surface area contributed by atoms with Crippen LogP contribution in [0.15, 0.2) is 42.7 Å². The van der Waals surface area contributed by atoms with Gasteiger partial charge in [-0.2, -0.15) is 0 Å². The van der Waals surface area contributed by atoms with Crippen molar-refractivity contribution in [2.75, 3.05) is 7.11 Å². The van der Waals surface area contributed by atoms with Crippen LogP contribution in [0.2, 0.25) is 0 Å². The molecule has 2 atom stereocenters. The van der Waals surface area contributed by atoms with Gasteiger partial charge in [0.1, 0.15) is 5.75 Å². The summed E-state index contributed by atoms with van der Waals surface area (Å²) >= 11 is 0. The molecule has 1 aliphatic rings. The maximum absolute atomic E-state index is 5.34. The molecule has 0 saturated carbocycles. The molecule has 0 amide bonds. The van der Waals surface area contributed by atoms with Crippen molar-refractivity contribution in [3.63, 3.8) is 0 Å². The highest BCUT2D eigenvalue weighted by atomic mass is 16.5. The predicted octanol–water partition coefficient (Wildman–Crippen LogP) is 3.30. The van der Waals surface area contributed by atoms with Gasteiger partial charge in [-0.15, -0.1) is 0 Å². The van der Waals surface area contributed by atoms with Gasteiger partial charge in [0.05, 0.1) is 7.11 Å². The van der Waals surface area contributed by atoms with Crippen LogP contribution in [0.5, 0.6) is 5.75 Å². The summed E-state index contributed by atoms with van der Waals surface area (Å²) in [4.78, 5) is 4.08. The van der Waals surface area contributed by atoms with E-state index in [1.54, 1.807) is 7.11 Å². The fourth-order valence-electron chi connectivity index (χ4n) is 3.10. The van der Waals surface area contributed by atoms with Gasteiger partial charge in [0.15, 0.2) is 0 Å². The quantitative estimate of drug-likeness (QED) is 0.934. The number of hydrogen-bond acceptors (Lipinski definition) is 3. The van der Waals surface area contributed by atoms with Gasteiger partial charge in [0, 0.05) is 24.5 Å². The van der Waals surface area contributed by atoms with Crippen LogP contribution in [0.25, 0.3) is 0 Å². The number of pyridine rings is 1. The van der Waals surface area contributed by atoms with Crippen LogP contribution >= 0.6 is 0 Å². The maximum Gasteiger partial charge on any atom is 0.119 e. The first-order chi connectivity index (χ1) is 10.3. The number of hydrogen-bond donors (Lipinski definition) is 1. The monoisotopic (exact) mass is 282 g/mol. The van der Waals surface area contributed by atoms with E-state index in [0.717, 1.165) is 18.6 Å². The summed E-state index contributed by atoms with van der Waals surface area (Å²) in [5, 5.41) is 3.74. The summed E-state index contributed by atoms with van der Waals surface area (Å²) in [6, 6.07) is 11.5. The van der Waals surface area contributed by atoms with Crippen LogP contribution in [-0.2, 0) is 12.8 Å². The number of methoxy groups -OCH3 is 1. The Labute approximate surface area is 126 Å². The maximum atomic E-state index is 5.34. The molecule has 1 unspecified atom stereocenters. The number of rotatable bonds is 4. The zero-order valence-corrected chi connectivity index (χ0v) is 12.7. The lowest BCUT2D eigenvalue weighted by atomic mass is 9.87. The molecule has 3 heteroatoms. The standard InChI is InChI=1S/C18H22N2O/c1-13(14-7-9-19-10-8-14)20-17-5-3-15-4-6-18(21-2)12-16(15)11-17/h4,6-10,12-13,17,20H,3,5,11H2,1-2H3/t13-,17?/m0/s1. The van der Waals surface area contributed by atoms with E-state index in [1.165, 1.54) is 23.1 Å². The number of benzene rings is 1. The molecule has 1 aromatic carbocycles. The third-order valence-electron chi connectivity index (χ3n) is 4.33. The summed E-state index contributed by atoms with van der Waals surface area (Å²) in [5.74, 6) is 0.955. The smallest absolute Gasteiger partial charge is 0.119 e. The van der Waals surface area contributed by atoms with Crippen molar-refractivity contribution in [1.82, 2.24) is 10.3 Å². The lowest BCUT2D eigenvalue weighted by Gasteiger charge is -2.29. The third kappa shape index (κ3) is 3.24. The highest BCUT2D eigenvalue weighted by Crippen LogP contribution is 2.26. The van der Waals surface area contributed by atoms with Crippen LogP contribution in [0.3, 0.4) is 0 Å². The van der Waals surface area contributed by atoms with E-state index < -0.39 is 0 Å². The second-order valence-corrected chi connectivity index (χ2v) is 5.74. The van der Waals surface area contributed by atoms with Crippen molar-refractivity contribution in [2.45, 2.75) is 38.3 Å². The predicted molar refractivity (Wildman–Crippen MR) is 84.6 cm³/mol. The van der Waals surface area contributed by atoms with E-state index in [0.29, 0.717) is 12.1 Å². The molecule has 0 radical (unpaired) electrons. The van der Waals surface area contributed by atoms with Crippen molar-refractivity contribution in [2.24, 2.45) is 0 Å². The molecule has 3 rings (SSSR count). The van der Waals surface area contributed by atoms with E-state index in [9.17, 15) is 0 Å². The molecule has 1 aromatic heterocycles. The summed E-state index contributed by atoms with van der Waals surface area (Å²) in [6.45, 7) is 2.22. The average molecular weight is 282 g/mol. The summed E-state index contributed by atoms with van der Waals surface area (Å²) < 4.78 is 5.34. The van der Waals surface area contributed by atoms with Gasteiger partial charge in [-0.1, -0.05) is 6.07 Å². The fraction of sp³-hybridized carbons (Fsp3) is 0.389. The van der Waals surface area contributed by atoms with Gasteiger partial charge in [-0.3, -0.25) is 4.98 Å². The SMILES string of the molecule is COc1ccc2c(c1)CC(N[C@@H](C)c1ccncc1)CC2. The molecule has 1 N–H and O–H groups in total. The molecule has 0 saturated heterocycles. The lowest BCUT2D eigenvalue weighted by Crippen LogP contribution is -2.36. The van der Waals surface area contributed by atoms with E-state index in [4.69, 9.17) is 4.74 Å². The molecule has 3 nitrogen and oxygen atoms in total. The number of nitrogens with zero attached hydrogens (tertiary/aromatic N) is 1. The summed E-state index contributed by atoms with van der Waals surface area (Å²) in [7, 11) is 1.73. The molecule has 2 aromatic rings. The van der Waals surface area contributed by atoms with Crippen molar-refractivity contribution in [3.8, 4) is 5.75 Å². The Morgan fingerprint density at radius 3 is 2.76 bits per heavy atom. The Morgan fingerprint density at radius 2 is 2.00 bits per heavy atom. The first-order valence-electron chi connectivity index (χ1n) is 7.58. The van der Waals surface area contributed by atoms with Gasteiger partial charge in [-0.05, 0) is 67.1 Å². The summed E-state index contributed by atoms with van der Waals surface area (Å²) in [6.07, 6.45) is 7.11. The molecule has 0 aliphatic heterocycles. The highest BCUT2D eigenvalue weighted by Gasteiger charge is 2.20. The van der Waals surface area contributed by atoms with Crippen LogP contribution in [-0.4, -0.2) is 18.1 Å². The Balaban J connectivity index is 1.68. The van der Waals surface area contributed by atoms with E-state index >= 15 is 0 Å². The minimum absolute atomic E-state index is 0.352. The van der Waals surface area contributed by atoms with Gasteiger partial charge in [0.25, 0.3) is 0 Å². The zero-order chi connectivity index (χ0) is 14.7. The molecular formula is C18H22N2O. The van der Waals surface area contributed by atoms with E-state index in [1.807, 2.05) is 12.4 Å². The molecule has 0 spiro atoms. The van der Waals surface area contributed by atoms with Crippen molar-refractivity contribution >= 4 is 0 Å². The molecule has 110 valence electrons. The highest BCUT2D eigenvalue weighted by molar-refractivity contribution is 5.38. The van der Waals surface area contributed by atoms with Crippen molar-refractivity contribution in [3.05, 3.63) is 59.4 Å². The number of aromatic nitrogens is 1. The molecular weight excluding hydrogens is 260 g/mol.